The molecule has 0 saturated carbocycles. The second-order valence-corrected chi connectivity index (χ2v) is 6.93. The summed E-state index contributed by atoms with van der Waals surface area (Å²) in [4.78, 5) is 2.21. The van der Waals surface area contributed by atoms with E-state index in [9.17, 15) is 10.2 Å². The van der Waals surface area contributed by atoms with Gasteiger partial charge in [-0.3, -0.25) is 0 Å². The third-order valence-electron chi connectivity index (χ3n) is 4.04. The lowest BCUT2D eigenvalue weighted by molar-refractivity contribution is 0.0226. The predicted molar refractivity (Wildman–Crippen MR) is 85.0 cm³/mol. The van der Waals surface area contributed by atoms with Crippen LogP contribution in [0.1, 0.15) is 31.4 Å². The first-order valence-corrected chi connectivity index (χ1v) is 8.18. The van der Waals surface area contributed by atoms with E-state index in [0.717, 1.165) is 29.5 Å². The summed E-state index contributed by atoms with van der Waals surface area (Å²) in [6, 6.07) is 5.54. The van der Waals surface area contributed by atoms with Crippen LogP contribution in [0.2, 0.25) is 5.02 Å². The number of piperidine rings is 1. The highest BCUT2D eigenvalue weighted by Crippen LogP contribution is 2.28. The molecule has 3 atom stereocenters. The summed E-state index contributed by atoms with van der Waals surface area (Å²) in [5, 5.41) is 20.7. The molecule has 1 saturated heterocycles. The Morgan fingerprint density at radius 3 is 2.90 bits per heavy atom. The van der Waals surface area contributed by atoms with Gasteiger partial charge in [0.05, 0.1) is 12.2 Å². The molecule has 0 aliphatic carbocycles. The van der Waals surface area contributed by atoms with E-state index in [1.54, 1.807) is 6.07 Å². The predicted octanol–water partition coefficient (Wildman–Crippen LogP) is 3.23. The lowest BCUT2D eigenvalue weighted by Crippen LogP contribution is -2.43. The van der Waals surface area contributed by atoms with Gasteiger partial charge in [0, 0.05) is 22.6 Å². The van der Waals surface area contributed by atoms with Crippen LogP contribution in [0.25, 0.3) is 0 Å². The zero-order valence-electron chi connectivity index (χ0n) is 11.6. The second-order valence-electron chi connectivity index (χ2n) is 5.60. The number of halogens is 2. The van der Waals surface area contributed by atoms with Crippen LogP contribution in [-0.4, -0.2) is 40.9 Å². The SMILES string of the molecule is CC1CCN(CCC(O)c2ccc(Br)cc2Cl)CC1O. The molecule has 3 unspecified atom stereocenters. The molecule has 2 N–H and O–H groups in total. The number of benzene rings is 1. The quantitative estimate of drug-likeness (QED) is 0.864. The molecule has 20 heavy (non-hydrogen) atoms. The highest BCUT2D eigenvalue weighted by Gasteiger charge is 2.24. The Morgan fingerprint density at radius 1 is 1.50 bits per heavy atom. The standard InChI is InChI=1S/C15H21BrClNO2/c1-10-4-6-18(9-15(10)20)7-5-14(19)12-3-2-11(16)8-13(12)17/h2-3,8,10,14-15,19-20H,4-7,9H2,1H3. The average molecular weight is 363 g/mol. The molecular formula is C15H21BrClNO2. The first kappa shape index (κ1) is 16.2. The monoisotopic (exact) mass is 361 g/mol. The summed E-state index contributed by atoms with van der Waals surface area (Å²) in [5.41, 5.74) is 0.765. The molecule has 0 amide bonds. The van der Waals surface area contributed by atoms with E-state index in [4.69, 9.17) is 11.6 Å². The Hall–Kier alpha value is -0.130. The average Bonchev–Trinajstić information content (AvgIpc) is 2.40. The molecule has 0 spiro atoms. The summed E-state index contributed by atoms with van der Waals surface area (Å²) in [5.74, 6) is 0.372. The summed E-state index contributed by atoms with van der Waals surface area (Å²) in [7, 11) is 0. The fraction of sp³-hybridized carbons (Fsp3) is 0.600. The van der Waals surface area contributed by atoms with Crippen molar-refractivity contribution in [1.29, 1.82) is 0 Å². The highest BCUT2D eigenvalue weighted by atomic mass is 79.9. The topological polar surface area (TPSA) is 43.7 Å². The van der Waals surface area contributed by atoms with E-state index in [2.05, 4.69) is 27.8 Å². The van der Waals surface area contributed by atoms with Gasteiger partial charge in [0.15, 0.2) is 0 Å². The van der Waals surface area contributed by atoms with Crippen molar-refractivity contribution < 1.29 is 10.2 Å². The number of hydrogen-bond acceptors (Lipinski definition) is 3. The van der Waals surface area contributed by atoms with Gasteiger partial charge in [-0.2, -0.15) is 0 Å². The molecule has 112 valence electrons. The zero-order chi connectivity index (χ0) is 14.7. The van der Waals surface area contributed by atoms with Crippen molar-refractivity contribution in [2.75, 3.05) is 19.6 Å². The lowest BCUT2D eigenvalue weighted by Gasteiger charge is -2.34. The van der Waals surface area contributed by atoms with Gasteiger partial charge in [0.25, 0.3) is 0 Å². The van der Waals surface area contributed by atoms with Crippen LogP contribution in [-0.2, 0) is 0 Å². The van der Waals surface area contributed by atoms with Crippen LogP contribution < -0.4 is 0 Å². The number of likely N-dealkylation sites (tertiary alicyclic amines) is 1. The Labute approximate surface area is 133 Å². The van der Waals surface area contributed by atoms with Crippen LogP contribution in [0.4, 0.5) is 0 Å². The van der Waals surface area contributed by atoms with Crippen molar-refractivity contribution in [1.82, 2.24) is 4.90 Å². The third-order valence-corrected chi connectivity index (χ3v) is 4.86. The van der Waals surface area contributed by atoms with Gasteiger partial charge in [-0.1, -0.05) is 40.5 Å². The summed E-state index contributed by atoms with van der Waals surface area (Å²) in [6.45, 7) is 4.54. The van der Waals surface area contributed by atoms with Gasteiger partial charge in [0.1, 0.15) is 0 Å². The minimum Gasteiger partial charge on any atom is -0.392 e. The lowest BCUT2D eigenvalue weighted by atomic mass is 9.95. The number of aliphatic hydroxyl groups excluding tert-OH is 2. The fourth-order valence-electron chi connectivity index (χ4n) is 2.55. The smallest absolute Gasteiger partial charge is 0.0816 e. The van der Waals surface area contributed by atoms with Crippen LogP contribution in [0.3, 0.4) is 0 Å². The molecule has 3 nitrogen and oxygen atoms in total. The van der Waals surface area contributed by atoms with Crippen molar-refractivity contribution in [3.63, 3.8) is 0 Å². The molecule has 2 rings (SSSR count). The molecule has 0 bridgehead atoms. The van der Waals surface area contributed by atoms with E-state index in [0.29, 0.717) is 23.9 Å². The van der Waals surface area contributed by atoms with E-state index < -0.39 is 6.10 Å². The van der Waals surface area contributed by atoms with E-state index in [-0.39, 0.29) is 6.10 Å². The normalized spacial score (nSPS) is 25.6. The van der Waals surface area contributed by atoms with Gasteiger partial charge in [-0.05, 0) is 43.0 Å². The van der Waals surface area contributed by atoms with Crippen molar-refractivity contribution in [2.45, 2.75) is 32.0 Å². The second kappa shape index (κ2) is 7.23. The molecule has 0 radical (unpaired) electrons. The van der Waals surface area contributed by atoms with Gasteiger partial charge in [-0.15, -0.1) is 0 Å². The third kappa shape index (κ3) is 4.18. The molecule has 1 fully saturated rings. The molecule has 5 heteroatoms. The Kier molecular flexibility index (Phi) is 5.87. The van der Waals surface area contributed by atoms with Crippen LogP contribution >= 0.6 is 27.5 Å². The number of β-amino-alcohol motifs (C(OH)–C–C–N with tert-alkyl or cyclic N) is 1. The number of nitrogens with zero attached hydrogens (tertiary/aromatic N) is 1. The highest BCUT2D eigenvalue weighted by molar-refractivity contribution is 9.10. The molecule has 1 aromatic rings. The van der Waals surface area contributed by atoms with E-state index in [1.165, 1.54) is 0 Å². The largest absolute Gasteiger partial charge is 0.392 e. The van der Waals surface area contributed by atoms with Gasteiger partial charge < -0.3 is 15.1 Å². The maximum atomic E-state index is 10.3. The molecule has 1 aliphatic rings. The summed E-state index contributed by atoms with van der Waals surface area (Å²) in [6.07, 6.45) is 0.822. The molecule has 0 aromatic heterocycles. The number of aliphatic hydroxyl groups is 2. The Bertz CT molecular complexity index is 457. The molecule has 1 aromatic carbocycles. The first-order chi connectivity index (χ1) is 9.47. The summed E-state index contributed by atoms with van der Waals surface area (Å²) >= 11 is 9.50. The van der Waals surface area contributed by atoms with Gasteiger partial charge in [-0.25, -0.2) is 0 Å². The molecule has 1 aliphatic heterocycles. The van der Waals surface area contributed by atoms with Gasteiger partial charge >= 0.3 is 0 Å². The van der Waals surface area contributed by atoms with Crippen molar-refractivity contribution in [3.05, 3.63) is 33.3 Å². The molecular weight excluding hydrogens is 342 g/mol. The maximum Gasteiger partial charge on any atom is 0.0816 e. The van der Waals surface area contributed by atoms with Crippen LogP contribution in [0.5, 0.6) is 0 Å². The van der Waals surface area contributed by atoms with Crippen molar-refractivity contribution >= 4 is 27.5 Å². The zero-order valence-corrected chi connectivity index (χ0v) is 13.9. The summed E-state index contributed by atoms with van der Waals surface area (Å²) < 4.78 is 0.909. The first-order valence-electron chi connectivity index (χ1n) is 7.01. The minimum atomic E-state index is -0.563. The minimum absolute atomic E-state index is 0.253. The maximum absolute atomic E-state index is 10.3. The van der Waals surface area contributed by atoms with Crippen molar-refractivity contribution in [2.24, 2.45) is 5.92 Å². The Morgan fingerprint density at radius 2 is 2.25 bits per heavy atom. The Balaban J connectivity index is 1.87. The van der Waals surface area contributed by atoms with E-state index in [1.807, 2.05) is 12.1 Å². The van der Waals surface area contributed by atoms with Crippen LogP contribution in [0.15, 0.2) is 22.7 Å². The van der Waals surface area contributed by atoms with Crippen molar-refractivity contribution in [3.8, 4) is 0 Å². The molecule has 1 heterocycles. The number of hydrogen-bond donors (Lipinski definition) is 2. The van der Waals surface area contributed by atoms with Gasteiger partial charge in [0.2, 0.25) is 0 Å². The van der Waals surface area contributed by atoms with E-state index >= 15 is 0 Å². The number of rotatable bonds is 4. The fourth-order valence-corrected chi connectivity index (χ4v) is 3.35. The van der Waals surface area contributed by atoms with Crippen LogP contribution in [0, 0.1) is 5.92 Å².